The Morgan fingerprint density at radius 1 is 1.19 bits per heavy atom. The Kier molecular flexibility index (Phi) is 11.1. The lowest BCUT2D eigenvalue weighted by molar-refractivity contribution is 0.332. The van der Waals surface area contributed by atoms with E-state index in [1.54, 1.807) is 6.26 Å². The van der Waals surface area contributed by atoms with Crippen LogP contribution in [-0.2, 0) is 13.0 Å². The highest BCUT2D eigenvalue weighted by atomic mass is 32.1. The molecule has 3 nitrogen and oxygen atoms in total. The molecule has 0 aliphatic rings. The van der Waals surface area contributed by atoms with Crippen LogP contribution in [0, 0.1) is 0 Å². The molecule has 1 aromatic carbocycles. The molecule has 0 aliphatic carbocycles. The number of hydrogen-bond acceptors (Lipinski definition) is 3. The standard InChI is InChI=1S/C14H21N3.C2H6.CH4S/c1-3-11-12-6-4-5-7-13(12)16-14(11)10-17(2)9-8-15;2*1-2/h4-7,16H,3,8-10,15H2,1-2H3;1-2H3;2H,1H3. The second-order valence-corrected chi connectivity index (χ2v) is 4.51. The van der Waals surface area contributed by atoms with E-state index in [1.807, 2.05) is 13.8 Å². The molecule has 0 bridgehead atoms. The van der Waals surface area contributed by atoms with Gasteiger partial charge in [-0.2, -0.15) is 12.6 Å². The molecule has 120 valence electrons. The summed E-state index contributed by atoms with van der Waals surface area (Å²) in [5.74, 6) is 0. The highest BCUT2D eigenvalue weighted by molar-refractivity contribution is 7.79. The number of hydrogen-bond donors (Lipinski definition) is 3. The summed E-state index contributed by atoms with van der Waals surface area (Å²) in [4.78, 5) is 5.78. The number of nitrogens with zero attached hydrogens (tertiary/aromatic N) is 1. The number of thiol groups is 1. The van der Waals surface area contributed by atoms with Crippen LogP contribution in [0.2, 0.25) is 0 Å². The maximum atomic E-state index is 5.58. The van der Waals surface area contributed by atoms with Gasteiger partial charge < -0.3 is 10.7 Å². The molecule has 1 heterocycles. The van der Waals surface area contributed by atoms with Gasteiger partial charge in [0.1, 0.15) is 0 Å². The van der Waals surface area contributed by atoms with Gasteiger partial charge in [0.25, 0.3) is 0 Å². The lowest BCUT2D eigenvalue weighted by Crippen LogP contribution is -2.25. The van der Waals surface area contributed by atoms with Gasteiger partial charge in [0.15, 0.2) is 0 Å². The fraction of sp³-hybridized carbons (Fsp3) is 0.529. The molecular weight excluding hydrogens is 278 g/mol. The van der Waals surface area contributed by atoms with Gasteiger partial charge in [-0.1, -0.05) is 39.0 Å². The van der Waals surface area contributed by atoms with Crippen molar-refractivity contribution in [3.05, 3.63) is 35.5 Å². The smallest absolute Gasteiger partial charge is 0.0459 e. The summed E-state index contributed by atoms with van der Waals surface area (Å²) >= 11 is 3.53. The number of para-hydroxylation sites is 1. The first-order valence-corrected chi connectivity index (χ1v) is 8.57. The number of fused-ring (bicyclic) bond motifs is 1. The molecular formula is C17H31N3S. The van der Waals surface area contributed by atoms with E-state index in [1.165, 1.54) is 22.2 Å². The predicted molar refractivity (Wildman–Crippen MR) is 99.3 cm³/mol. The van der Waals surface area contributed by atoms with Crippen molar-refractivity contribution in [2.45, 2.75) is 33.7 Å². The minimum atomic E-state index is 0.707. The molecule has 21 heavy (non-hydrogen) atoms. The van der Waals surface area contributed by atoms with Gasteiger partial charge >= 0.3 is 0 Å². The van der Waals surface area contributed by atoms with Gasteiger partial charge in [-0.05, 0) is 31.4 Å². The molecule has 0 aliphatic heterocycles. The third kappa shape index (κ3) is 5.73. The minimum Gasteiger partial charge on any atom is -0.357 e. The van der Waals surface area contributed by atoms with E-state index in [2.05, 4.69) is 60.7 Å². The maximum absolute atomic E-state index is 5.58. The van der Waals surface area contributed by atoms with Crippen LogP contribution in [0.4, 0.5) is 0 Å². The first-order valence-electron chi connectivity index (χ1n) is 7.68. The predicted octanol–water partition coefficient (Wildman–Crippen LogP) is 3.69. The molecule has 0 fully saturated rings. The molecule has 0 unspecified atom stereocenters. The number of benzene rings is 1. The van der Waals surface area contributed by atoms with Gasteiger partial charge in [0.05, 0.1) is 0 Å². The molecule has 0 saturated carbocycles. The second-order valence-electron chi connectivity index (χ2n) is 4.51. The van der Waals surface area contributed by atoms with Crippen molar-refractivity contribution in [1.82, 2.24) is 9.88 Å². The van der Waals surface area contributed by atoms with Crippen molar-refractivity contribution in [3.8, 4) is 0 Å². The van der Waals surface area contributed by atoms with Gasteiger partial charge in [0, 0.05) is 36.2 Å². The fourth-order valence-electron chi connectivity index (χ4n) is 2.36. The molecule has 0 saturated heterocycles. The van der Waals surface area contributed by atoms with Crippen LogP contribution in [-0.4, -0.2) is 36.3 Å². The monoisotopic (exact) mass is 309 g/mol. The summed E-state index contributed by atoms with van der Waals surface area (Å²) in [7, 11) is 2.11. The third-order valence-electron chi connectivity index (χ3n) is 3.19. The summed E-state index contributed by atoms with van der Waals surface area (Å²) in [6, 6.07) is 8.51. The molecule has 2 rings (SSSR count). The van der Waals surface area contributed by atoms with Crippen molar-refractivity contribution >= 4 is 23.5 Å². The van der Waals surface area contributed by atoms with Crippen LogP contribution in [0.1, 0.15) is 32.0 Å². The lowest BCUT2D eigenvalue weighted by Gasteiger charge is -2.15. The number of aryl methyl sites for hydroxylation is 1. The molecule has 0 amide bonds. The number of nitrogens with two attached hydrogens (primary N) is 1. The van der Waals surface area contributed by atoms with E-state index in [0.717, 1.165) is 19.5 Å². The number of nitrogens with one attached hydrogen (secondary N) is 1. The summed E-state index contributed by atoms with van der Waals surface area (Å²) in [5.41, 5.74) is 9.57. The van der Waals surface area contributed by atoms with Crippen molar-refractivity contribution in [1.29, 1.82) is 0 Å². The average molecular weight is 310 g/mol. The normalized spacial score (nSPS) is 9.90. The van der Waals surface area contributed by atoms with E-state index < -0.39 is 0 Å². The van der Waals surface area contributed by atoms with E-state index in [4.69, 9.17) is 5.73 Å². The van der Waals surface area contributed by atoms with Crippen LogP contribution in [0.3, 0.4) is 0 Å². The summed E-state index contributed by atoms with van der Waals surface area (Å²) in [6.45, 7) is 8.79. The van der Waals surface area contributed by atoms with Gasteiger partial charge in [0.2, 0.25) is 0 Å². The van der Waals surface area contributed by atoms with Crippen LogP contribution in [0.25, 0.3) is 10.9 Å². The Balaban J connectivity index is 0.000000921. The van der Waals surface area contributed by atoms with E-state index in [0.29, 0.717) is 6.54 Å². The highest BCUT2D eigenvalue weighted by Gasteiger charge is 2.10. The van der Waals surface area contributed by atoms with Crippen LogP contribution >= 0.6 is 12.6 Å². The van der Waals surface area contributed by atoms with Crippen molar-refractivity contribution < 1.29 is 0 Å². The number of likely N-dealkylation sites (N-methyl/N-ethyl adjacent to an activating group) is 1. The molecule has 1 aromatic heterocycles. The molecule has 4 heteroatoms. The van der Waals surface area contributed by atoms with E-state index in [9.17, 15) is 0 Å². The molecule has 0 radical (unpaired) electrons. The van der Waals surface area contributed by atoms with Crippen molar-refractivity contribution in [2.24, 2.45) is 5.73 Å². The number of H-pyrrole nitrogens is 1. The largest absolute Gasteiger partial charge is 0.357 e. The van der Waals surface area contributed by atoms with Gasteiger partial charge in [-0.25, -0.2) is 0 Å². The molecule has 0 atom stereocenters. The SMILES string of the molecule is CC.CCc1c(CN(C)CCN)[nH]c2ccccc12.CS. The molecule has 3 N–H and O–H groups in total. The Labute approximate surface area is 135 Å². The maximum Gasteiger partial charge on any atom is 0.0459 e. The first kappa shape index (κ1) is 20.0. The topological polar surface area (TPSA) is 45.0 Å². The Morgan fingerprint density at radius 2 is 1.81 bits per heavy atom. The minimum absolute atomic E-state index is 0.707. The average Bonchev–Trinajstić information content (AvgIpc) is 2.88. The molecule has 0 spiro atoms. The second kappa shape index (κ2) is 11.7. The molecule has 2 aromatic rings. The first-order chi connectivity index (χ1) is 10.3. The highest BCUT2D eigenvalue weighted by Crippen LogP contribution is 2.23. The summed E-state index contributed by atoms with van der Waals surface area (Å²) < 4.78 is 0. The Morgan fingerprint density at radius 3 is 2.38 bits per heavy atom. The third-order valence-corrected chi connectivity index (χ3v) is 3.19. The van der Waals surface area contributed by atoms with E-state index >= 15 is 0 Å². The van der Waals surface area contributed by atoms with Crippen LogP contribution < -0.4 is 5.73 Å². The van der Waals surface area contributed by atoms with Crippen molar-refractivity contribution in [2.75, 3.05) is 26.4 Å². The van der Waals surface area contributed by atoms with Gasteiger partial charge in [-0.3, -0.25) is 4.90 Å². The van der Waals surface area contributed by atoms with Crippen LogP contribution in [0.15, 0.2) is 24.3 Å². The Bertz CT molecular complexity index is 494. The lowest BCUT2D eigenvalue weighted by atomic mass is 10.1. The summed E-state index contributed by atoms with van der Waals surface area (Å²) in [6.07, 6.45) is 2.76. The number of aromatic amines is 1. The fourth-order valence-corrected chi connectivity index (χ4v) is 2.36. The quantitative estimate of drug-likeness (QED) is 0.738. The van der Waals surface area contributed by atoms with Crippen LogP contribution in [0.5, 0.6) is 0 Å². The zero-order valence-corrected chi connectivity index (χ0v) is 15.0. The zero-order chi connectivity index (χ0) is 16.3. The summed E-state index contributed by atoms with van der Waals surface area (Å²) in [5, 5.41) is 1.35. The van der Waals surface area contributed by atoms with E-state index in [-0.39, 0.29) is 0 Å². The van der Waals surface area contributed by atoms with Crippen molar-refractivity contribution in [3.63, 3.8) is 0 Å². The number of rotatable bonds is 5. The number of aromatic nitrogens is 1. The Hall–Kier alpha value is -0.970. The van der Waals surface area contributed by atoms with Gasteiger partial charge in [-0.15, -0.1) is 0 Å². The zero-order valence-electron chi connectivity index (χ0n) is 14.1.